The fraction of sp³-hybridized carbons (Fsp3) is 0.467. The highest BCUT2D eigenvalue weighted by Crippen LogP contribution is 2.33. The highest BCUT2D eigenvalue weighted by atomic mass is 19.3. The zero-order valence-corrected chi connectivity index (χ0v) is 13.2. The Kier molecular flexibility index (Phi) is 4.51. The maximum Gasteiger partial charge on any atom is 0.388 e. The topological polar surface area (TPSA) is 89.0 Å². The van der Waals surface area contributed by atoms with Gasteiger partial charge in [0, 0.05) is 12.6 Å². The molecular weight excluding hydrogens is 340 g/mol. The summed E-state index contributed by atoms with van der Waals surface area (Å²) in [7, 11) is 1.28. The summed E-state index contributed by atoms with van der Waals surface area (Å²) in [5.41, 5.74) is 0.153. The van der Waals surface area contributed by atoms with Gasteiger partial charge in [0.1, 0.15) is 6.04 Å². The van der Waals surface area contributed by atoms with E-state index in [0.29, 0.717) is 6.42 Å². The lowest BCUT2D eigenvalue weighted by atomic mass is 9.91. The highest BCUT2D eigenvalue weighted by molar-refractivity contribution is 6.21. The second-order valence-electron chi connectivity index (χ2n) is 5.64. The van der Waals surface area contributed by atoms with E-state index in [0.717, 1.165) is 17.2 Å². The van der Waals surface area contributed by atoms with E-state index in [9.17, 15) is 23.2 Å². The van der Waals surface area contributed by atoms with Crippen LogP contribution in [-0.4, -0.2) is 54.1 Å². The monoisotopic (exact) mass is 355 g/mol. The first kappa shape index (κ1) is 17.1. The third-order valence-corrected chi connectivity index (χ3v) is 4.27. The van der Waals surface area contributed by atoms with Gasteiger partial charge < -0.3 is 14.4 Å². The van der Waals surface area contributed by atoms with E-state index in [2.05, 4.69) is 9.72 Å². The molecule has 3 rings (SSSR count). The normalized spacial score (nSPS) is 23.0. The third kappa shape index (κ3) is 3.11. The quantitative estimate of drug-likeness (QED) is 0.599. The average molecular weight is 355 g/mol. The number of carbonyl (C=O) groups excluding carboxylic acids is 3. The zero-order valence-electron chi connectivity index (χ0n) is 13.2. The van der Waals surface area contributed by atoms with Gasteiger partial charge in [-0.3, -0.25) is 9.59 Å². The van der Waals surface area contributed by atoms with Gasteiger partial charge in [-0.1, -0.05) is 0 Å². The Morgan fingerprint density at radius 2 is 2.12 bits per heavy atom. The van der Waals surface area contributed by atoms with Crippen LogP contribution in [0.4, 0.5) is 19.3 Å². The largest absolute Gasteiger partial charge is 0.469 e. The number of hydrogen-bond donors (Lipinski definition) is 0. The Morgan fingerprint density at radius 3 is 2.72 bits per heavy atom. The molecule has 0 spiro atoms. The predicted octanol–water partition coefficient (Wildman–Crippen LogP) is 1.40. The van der Waals surface area contributed by atoms with Crippen molar-refractivity contribution in [2.24, 2.45) is 5.92 Å². The van der Waals surface area contributed by atoms with Gasteiger partial charge in [-0.25, -0.2) is 14.7 Å². The second kappa shape index (κ2) is 6.61. The van der Waals surface area contributed by atoms with Crippen LogP contribution in [0.5, 0.6) is 5.88 Å². The van der Waals surface area contributed by atoms with Crippen molar-refractivity contribution in [3.63, 3.8) is 0 Å². The number of piperidine rings is 1. The summed E-state index contributed by atoms with van der Waals surface area (Å²) in [6.45, 7) is -2.76. The maximum atomic E-state index is 12.6. The molecule has 0 radical (unpaired) electrons. The van der Waals surface area contributed by atoms with E-state index >= 15 is 0 Å². The summed E-state index contributed by atoms with van der Waals surface area (Å²) in [6.07, 6.45) is 1.72. The lowest BCUT2D eigenvalue weighted by molar-refractivity contribution is -0.147. The van der Waals surface area contributed by atoms with E-state index < -0.39 is 36.5 Å². The first-order valence-electron chi connectivity index (χ1n) is 7.55. The number of ether oxygens (including phenoxy) is 2. The Balaban J connectivity index is 1.79. The van der Waals surface area contributed by atoms with E-state index in [1.807, 2.05) is 0 Å². The number of carbonyl (C=O) groups is 3. The number of imide groups is 1. The van der Waals surface area contributed by atoms with Gasteiger partial charge in [0.15, 0.2) is 0 Å². The van der Waals surface area contributed by atoms with Gasteiger partial charge in [0.2, 0.25) is 5.88 Å². The van der Waals surface area contributed by atoms with Crippen LogP contribution in [0, 0.1) is 5.92 Å². The molecule has 2 saturated heterocycles. The maximum absolute atomic E-state index is 12.6. The minimum atomic E-state index is -3.02. The Bertz CT molecular complexity index is 697. The summed E-state index contributed by atoms with van der Waals surface area (Å²) >= 11 is 0. The van der Waals surface area contributed by atoms with Gasteiger partial charge in [-0.05, 0) is 18.9 Å². The average Bonchev–Trinajstić information content (AvgIpc) is 2.85. The van der Waals surface area contributed by atoms with E-state index in [1.54, 1.807) is 0 Å². The Hall–Kier alpha value is -2.78. The molecule has 10 heteroatoms. The molecule has 25 heavy (non-hydrogen) atoms. The molecule has 1 aromatic rings. The number of rotatable bonds is 4. The summed E-state index contributed by atoms with van der Waals surface area (Å²) in [4.78, 5) is 42.8. The van der Waals surface area contributed by atoms with Crippen LogP contribution in [0.1, 0.15) is 12.8 Å². The zero-order chi connectivity index (χ0) is 18.1. The molecule has 0 aromatic carbocycles. The van der Waals surface area contributed by atoms with E-state index in [4.69, 9.17) is 4.74 Å². The van der Waals surface area contributed by atoms with Crippen molar-refractivity contribution < 1.29 is 32.6 Å². The summed E-state index contributed by atoms with van der Waals surface area (Å²) in [6, 6.07) is 1.18. The first-order chi connectivity index (χ1) is 11.9. The molecule has 0 bridgehead atoms. The molecule has 0 N–H and O–H groups in total. The molecule has 134 valence electrons. The first-order valence-corrected chi connectivity index (χ1v) is 7.55. The number of anilines is 1. The van der Waals surface area contributed by atoms with Crippen molar-refractivity contribution in [3.05, 3.63) is 18.3 Å². The van der Waals surface area contributed by atoms with Crippen LogP contribution in [-0.2, 0) is 14.3 Å². The summed E-state index contributed by atoms with van der Waals surface area (Å²) < 4.78 is 33.1. The third-order valence-electron chi connectivity index (χ3n) is 4.27. The second-order valence-corrected chi connectivity index (χ2v) is 5.64. The molecule has 2 unspecified atom stereocenters. The number of hydrogen-bond acceptors (Lipinski definition) is 6. The van der Waals surface area contributed by atoms with Crippen LogP contribution in [0.2, 0.25) is 0 Å². The molecule has 2 fully saturated rings. The molecule has 3 amide bonds. The number of nitrogens with zero attached hydrogens (tertiary/aromatic N) is 3. The number of methoxy groups -OCH3 is 1. The van der Waals surface area contributed by atoms with Gasteiger partial charge in [0.05, 0.1) is 24.9 Å². The number of esters is 1. The van der Waals surface area contributed by atoms with Crippen LogP contribution in [0.3, 0.4) is 0 Å². The lowest BCUT2D eigenvalue weighted by Gasteiger charge is -2.30. The van der Waals surface area contributed by atoms with Crippen molar-refractivity contribution in [1.29, 1.82) is 0 Å². The molecule has 8 nitrogen and oxygen atoms in total. The van der Waals surface area contributed by atoms with Crippen molar-refractivity contribution >= 4 is 23.6 Å². The van der Waals surface area contributed by atoms with Crippen molar-refractivity contribution in [3.8, 4) is 5.88 Å². The fourth-order valence-corrected chi connectivity index (χ4v) is 3.08. The number of pyridine rings is 1. The molecule has 2 aliphatic heterocycles. The van der Waals surface area contributed by atoms with Gasteiger partial charge in [0.25, 0.3) is 5.91 Å². The minimum Gasteiger partial charge on any atom is -0.469 e. The number of fused-ring (bicyclic) bond motifs is 1. The number of urea groups is 1. The molecule has 3 heterocycles. The van der Waals surface area contributed by atoms with Crippen LogP contribution < -0.4 is 9.64 Å². The van der Waals surface area contributed by atoms with Crippen molar-refractivity contribution in [2.75, 3.05) is 18.6 Å². The van der Waals surface area contributed by atoms with Gasteiger partial charge in [-0.2, -0.15) is 8.78 Å². The van der Waals surface area contributed by atoms with Gasteiger partial charge >= 0.3 is 18.6 Å². The van der Waals surface area contributed by atoms with Crippen molar-refractivity contribution in [2.45, 2.75) is 25.5 Å². The van der Waals surface area contributed by atoms with E-state index in [1.165, 1.54) is 18.1 Å². The summed E-state index contributed by atoms with van der Waals surface area (Å²) in [5, 5.41) is 0. The molecule has 2 atom stereocenters. The molecular formula is C15H15F2N3O5. The van der Waals surface area contributed by atoms with Crippen molar-refractivity contribution in [1.82, 2.24) is 9.88 Å². The fourth-order valence-electron chi connectivity index (χ4n) is 3.08. The number of alkyl halides is 2. The standard InChI is InChI=1S/C15H15F2N3O5/c1-24-13(22)8-4-5-19-10(6-8)12(21)20(15(19)23)9-2-3-11(18-7-9)25-14(16)17/h2-3,7-8,10,14H,4-6H2,1H3. The molecule has 2 aliphatic rings. The predicted molar refractivity (Wildman–Crippen MR) is 79.0 cm³/mol. The van der Waals surface area contributed by atoms with E-state index in [-0.39, 0.29) is 24.5 Å². The molecule has 0 aliphatic carbocycles. The minimum absolute atomic E-state index is 0.153. The Labute approximate surface area is 141 Å². The molecule has 0 saturated carbocycles. The lowest BCUT2D eigenvalue weighted by Crippen LogP contribution is -2.44. The number of aromatic nitrogens is 1. The number of amides is 3. The van der Waals surface area contributed by atoms with Crippen LogP contribution >= 0.6 is 0 Å². The van der Waals surface area contributed by atoms with Crippen LogP contribution in [0.25, 0.3) is 0 Å². The number of halogens is 2. The Morgan fingerprint density at radius 1 is 1.36 bits per heavy atom. The molecule has 1 aromatic heterocycles. The summed E-state index contributed by atoms with van der Waals surface area (Å²) in [5.74, 6) is -1.65. The highest BCUT2D eigenvalue weighted by Gasteiger charge is 2.49. The SMILES string of the molecule is COC(=O)C1CCN2C(=O)N(c3ccc(OC(F)F)nc3)C(=O)C2C1. The smallest absolute Gasteiger partial charge is 0.388 e. The van der Waals surface area contributed by atoms with Crippen LogP contribution in [0.15, 0.2) is 18.3 Å². The van der Waals surface area contributed by atoms with Gasteiger partial charge in [-0.15, -0.1) is 0 Å².